The number of carbonyl (C=O) groups is 1. The van der Waals surface area contributed by atoms with Crippen LogP contribution in [0.15, 0.2) is 58.1 Å². The highest BCUT2D eigenvalue weighted by Crippen LogP contribution is 2.17. The Bertz CT molecular complexity index is 858. The monoisotopic (exact) mass is 430 g/mol. The number of rotatable bonds is 4. The van der Waals surface area contributed by atoms with Gasteiger partial charge in [0.15, 0.2) is 0 Å². The molecule has 0 aliphatic rings. The molecular formula is C15H15BrN2O6S. The summed E-state index contributed by atoms with van der Waals surface area (Å²) in [4.78, 5) is 10.7. The minimum absolute atomic E-state index is 0.252. The predicted molar refractivity (Wildman–Crippen MR) is 97.6 cm³/mol. The first-order valence-electron chi connectivity index (χ1n) is 6.66. The Labute approximate surface area is 152 Å². The van der Waals surface area contributed by atoms with Crippen molar-refractivity contribution in [2.24, 2.45) is 5.10 Å². The first-order chi connectivity index (χ1) is 11.6. The number of hydrogen-bond acceptors (Lipinski definition) is 5. The quantitative estimate of drug-likeness (QED) is 0.331. The van der Waals surface area contributed by atoms with Crippen molar-refractivity contribution in [2.45, 2.75) is 6.92 Å². The fraction of sp³-hybridized carbons (Fsp3) is 0.0667. The van der Waals surface area contributed by atoms with E-state index in [4.69, 9.17) is 22.6 Å². The molecule has 0 aliphatic carbocycles. The third-order valence-corrected chi connectivity index (χ3v) is 3.44. The lowest BCUT2D eigenvalue weighted by molar-refractivity contribution is 0.0697. The second-order valence-corrected chi connectivity index (χ2v) is 6.37. The molecule has 0 heterocycles. The number of anilines is 1. The van der Waals surface area contributed by atoms with E-state index in [9.17, 15) is 4.79 Å². The maximum atomic E-state index is 10.7. The van der Waals surface area contributed by atoms with Crippen molar-refractivity contribution in [3.63, 3.8) is 0 Å². The molecule has 0 unspecified atom stereocenters. The van der Waals surface area contributed by atoms with E-state index < -0.39 is 16.4 Å². The smallest absolute Gasteiger partial charge is 0.394 e. The average Bonchev–Trinajstić information content (AvgIpc) is 2.52. The highest BCUT2D eigenvalue weighted by atomic mass is 79.9. The molecule has 0 radical (unpaired) electrons. The number of nitrogens with zero attached hydrogens (tertiary/aromatic N) is 1. The van der Waals surface area contributed by atoms with Gasteiger partial charge in [0.05, 0.1) is 17.0 Å². The molecule has 10 heteroatoms. The number of nitrogens with one attached hydrogen (secondary N) is 1. The van der Waals surface area contributed by atoms with Crippen molar-refractivity contribution in [3.8, 4) is 0 Å². The highest BCUT2D eigenvalue weighted by molar-refractivity contribution is 9.10. The lowest BCUT2D eigenvalue weighted by Crippen LogP contribution is -2.01. The Balaban J connectivity index is 0.000000550. The Kier molecular flexibility index (Phi) is 7.71. The highest BCUT2D eigenvalue weighted by Gasteiger charge is 2.03. The van der Waals surface area contributed by atoms with Crippen molar-refractivity contribution in [1.82, 2.24) is 0 Å². The average molecular weight is 431 g/mol. The van der Waals surface area contributed by atoms with E-state index in [0.717, 1.165) is 21.4 Å². The molecule has 8 nitrogen and oxygen atoms in total. The van der Waals surface area contributed by atoms with Gasteiger partial charge in [0, 0.05) is 10.0 Å². The van der Waals surface area contributed by atoms with Crippen molar-refractivity contribution in [1.29, 1.82) is 0 Å². The van der Waals surface area contributed by atoms with Crippen LogP contribution in [0, 0.1) is 0 Å². The maximum absolute atomic E-state index is 10.7. The van der Waals surface area contributed by atoms with Crippen molar-refractivity contribution in [2.75, 3.05) is 5.43 Å². The number of halogens is 1. The molecule has 0 bridgehead atoms. The van der Waals surface area contributed by atoms with Gasteiger partial charge in [-0.05, 0) is 37.3 Å². The van der Waals surface area contributed by atoms with Crippen LogP contribution >= 0.6 is 15.9 Å². The molecule has 134 valence electrons. The van der Waals surface area contributed by atoms with Crippen LogP contribution in [-0.4, -0.2) is 34.3 Å². The van der Waals surface area contributed by atoms with E-state index in [1.165, 1.54) is 12.1 Å². The molecule has 0 saturated carbocycles. The number of benzene rings is 2. The number of carboxylic acids is 1. The van der Waals surface area contributed by atoms with Crippen LogP contribution in [-0.2, 0) is 10.4 Å². The maximum Gasteiger partial charge on any atom is 0.394 e. The molecule has 0 amide bonds. The molecule has 25 heavy (non-hydrogen) atoms. The topological polar surface area (TPSA) is 136 Å². The van der Waals surface area contributed by atoms with E-state index >= 15 is 0 Å². The lowest BCUT2D eigenvalue weighted by Gasteiger charge is -2.05. The summed E-state index contributed by atoms with van der Waals surface area (Å²) in [7, 11) is -4.67. The lowest BCUT2D eigenvalue weighted by atomic mass is 10.1. The normalized spacial score (nSPS) is 11.3. The number of carboxylic acid groups (broad SMARTS) is 1. The molecule has 0 spiro atoms. The van der Waals surface area contributed by atoms with Crippen molar-refractivity contribution >= 4 is 43.7 Å². The zero-order valence-corrected chi connectivity index (χ0v) is 15.3. The second-order valence-electron chi connectivity index (χ2n) is 4.62. The summed E-state index contributed by atoms with van der Waals surface area (Å²) >= 11 is 3.47. The fourth-order valence-corrected chi connectivity index (χ4v) is 2.22. The molecule has 0 aromatic heterocycles. The molecule has 0 saturated heterocycles. The minimum Gasteiger partial charge on any atom is -0.478 e. The third-order valence-electron chi connectivity index (χ3n) is 2.75. The Morgan fingerprint density at radius 2 is 1.60 bits per heavy atom. The van der Waals surface area contributed by atoms with E-state index in [-0.39, 0.29) is 5.56 Å². The summed E-state index contributed by atoms with van der Waals surface area (Å²) in [6.45, 7) is 1.90. The second kappa shape index (κ2) is 9.28. The summed E-state index contributed by atoms with van der Waals surface area (Å²) in [5, 5.41) is 13.1. The van der Waals surface area contributed by atoms with Crippen LogP contribution in [0.5, 0.6) is 0 Å². The van der Waals surface area contributed by atoms with Gasteiger partial charge in [-0.3, -0.25) is 14.5 Å². The Hall–Kier alpha value is -2.27. The molecule has 4 N–H and O–H groups in total. The van der Waals surface area contributed by atoms with E-state index in [0.29, 0.717) is 0 Å². The molecule has 2 aromatic carbocycles. The minimum atomic E-state index is -4.67. The van der Waals surface area contributed by atoms with Gasteiger partial charge >= 0.3 is 16.4 Å². The van der Waals surface area contributed by atoms with Gasteiger partial charge in [-0.2, -0.15) is 13.5 Å². The van der Waals surface area contributed by atoms with Crippen LogP contribution in [0.2, 0.25) is 0 Å². The molecule has 2 aromatic rings. The number of hydrazone groups is 1. The third kappa shape index (κ3) is 8.40. The standard InChI is InChI=1S/C15H13BrN2O2.H2O4S/c1-10(13-4-2-3-5-14(13)16)17-18-12-8-6-11(7-9-12)15(19)20;1-5(2,3)4/h2-9,18H,1H3,(H,19,20);(H2,1,2,3,4). The fourth-order valence-electron chi connectivity index (χ4n) is 1.65. The summed E-state index contributed by atoms with van der Waals surface area (Å²) in [5.41, 5.74) is 5.73. The van der Waals surface area contributed by atoms with Gasteiger partial charge in [0.1, 0.15) is 0 Å². The van der Waals surface area contributed by atoms with Crippen LogP contribution < -0.4 is 5.43 Å². The van der Waals surface area contributed by atoms with Gasteiger partial charge in [-0.1, -0.05) is 34.1 Å². The first-order valence-corrected chi connectivity index (χ1v) is 8.85. The van der Waals surface area contributed by atoms with Crippen LogP contribution in [0.4, 0.5) is 5.69 Å². The Morgan fingerprint density at radius 3 is 2.08 bits per heavy atom. The SMILES string of the molecule is CC(=NNc1ccc(C(=O)O)cc1)c1ccccc1Br.O=S(=O)(O)O. The Morgan fingerprint density at radius 1 is 1.08 bits per heavy atom. The van der Waals surface area contributed by atoms with Crippen molar-refractivity contribution < 1.29 is 27.4 Å². The summed E-state index contributed by atoms with van der Waals surface area (Å²) in [6.07, 6.45) is 0. The van der Waals surface area contributed by atoms with Gasteiger partial charge in [0.25, 0.3) is 0 Å². The molecule has 0 aliphatic heterocycles. The number of hydrogen-bond donors (Lipinski definition) is 4. The zero-order chi connectivity index (χ0) is 19.0. The van der Waals surface area contributed by atoms with Crippen molar-refractivity contribution in [3.05, 3.63) is 64.1 Å². The van der Waals surface area contributed by atoms with E-state index in [1.54, 1.807) is 12.1 Å². The van der Waals surface area contributed by atoms with Gasteiger partial charge in [0.2, 0.25) is 0 Å². The summed E-state index contributed by atoms with van der Waals surface area (Å²) < 4.78 is 32.6. The summed E-state index contributed by atoms with van der Waals surface area (Å²) in [6, 6.07) is 14.2. The first kappa shape index (κ1) is 20.8. The van der Waals surface area contributed by atoms with Crippen LogP contribution in [0.25, 0.3) is 0 Å². The number of aromatic carboxylic acids is 1. The van der Waals surface area contributed by atoms with E-state index in [2.05, 4.69) is 26.5 Å². The van der Waals surface area contributed by atoms with Gasteiger partial charge in [-0.15, -0.1) is 0 Å². The summed E-state index contributed by atoms with van der Waals surface area (Å²) in [5.74, 6) is -0.940. The van der Waals surface area contributed by atoms with E-state index in [1.807, 2.05) is 31.2 Å². The largest absolute Gasteiger partial charge is 0.478 e. The molecule has 0 fully saturated rings. The van der Waals surface area contributed by atoms with Gasteiger partial charge < -0.3 is 5.11 Å². The van der Waals surface area contributed by atoms with Gasteiger partial charge in [-0.25, -0.2) is 4.79 Å². The van der Waals surface area contributed by atoms with Crippen LogP contribution in [0.1, 0.15) is 22.8 Å². The van der Waals surface area contributed by atoms with Crippen LogP contribution in [0.3, 0.4) is 0 Å². The predicted octanol–water partition coefficient (Wildman–Crippen LogP) is 3.33. The molecule has 2 rings (SSSR count). The zero-order valence-electron chi connectivity index (χ0n) is 12.9. The molecule has 0 atom stereocenters. The molecular weight excluding hydrogens is 416 g/mol.